The molecule has 0 spiro atoms. The van der Waals surface area contributed by atoms with Crippen LogP contribution in [0.15, 0.2) is 72.9 Å². The van der Waals surface area contributed by atoms with Crippen molar-refractivity contribution in [3.63, 3.8) is 0 Å². The number of carbonyl (C=O) groups excluding carboxylic acids is 5. The molecule has 0 radical (unpaired) electrons. The maximum Gasteiger partial charge on any atom is 0.270 e. The van der Waals surface area contributed by atoms with Gasteiger partial charge in [0, 0.05) is 73.9 Å². The van der Waals surface area contributed by atoms with Gasteiger partial charge < -0.3 is 36.1 Å². The summed E-state index contributed by atoms with van der Waals surface area (Å²) in [5.41, 5.74) is 3.03. The average molecular weight is 665 g/mol. The number of para-hydroxylation sites is 1. The molecule has 5 N–H and O–H groups in total. The van der Waals surface area contributed by atoms with Gasteiger partial charge >= 0.3 is 0 Å². The molecule has 0 unspecified atom stereocenters. The Hall–Kier alpha value is -5.72. The number of amides is 5. The van der Waals surface area contributed by atoms with Gasteiger partial charge in [0.15, 0.2) is 0 Å². The highest BCUT2D eigenvalue weighted by Crippen LogP contribution is 2.23. The van der Waals surface area contributed by atoms with Crippen LogP contribution in [0.25, 0.3) is 10.9 Å². The summed E-state index contributed by atoms with van der Waals surface area (Å²) >= 11 is 0. The van der Waals surface area contributed by atoms with Gasteiger partial charge in [0.2, 0.25) is 17.7 Å². The zero-order chi connectivity index (χ0) is 34.2. The number of rotatable bonds is 4. The maximum absolute atomic E-state index is 13.7. The Balaban J connectivity index is 1.18. The highest BCUT2D eigenvalue weighted by Gasteiger charge is 2.26. The number of H-pyrrole nitrogens is 1. The quantitative estimate of drug-likeness (QED) is 0.224. The SMILES string of the molecule is O=C1CN(C(=O)c2cccc(N3CCCC3=O)c2)CCCCNC(=O)[C@H](Cc2c[nH]c3ccccc23)NC(=O)c2cccc(n2)NCCN1. The van der Waals surface area contributed by atoms with Crippen LogP contribution in [0.5, 0.6) is 0 Å². The van der Waals surface area contributed by atoms with Gasteiger partial charge in [-0.15, -0.1) is 0 Å². The van der Waals surface area contributed by atoms with Gasteiger partial charge in [0.1, 0.15) is 17.6 Å². The van der Waals surface area contributed by atoms with Crippen LogP contribution >= 0.6 is 0 Å². The predicted molar refractivity (Wildman–Crippen MR) is 185 cm³/mol. The first-order valence-corrected chi connectivity index (χ1v) is 16.7. The van der Waals surface area contributed by atoms with Crippen LogP contribution < -0.4 is 26.2 Å². The van der Waals surface area contributed by atoms with Gasteiger partial charge in [-0.25, -0.2) is 4.98 Å². The van der Waals surface area contributed by atoms with E-state index < -0.39 is 11.9 Å². The zero-order valence-electron chi connectivity index (χ0n) is 27.2. The lowest BCUT2D eigenvalue weighted by atomic mass is 10.0. The molecule has 1 fully saturated rings. The molecule has 4 aromatic rings. The molecule has 0 saturated carbocycles. The van der Waals surface area contributed by atoms with Crippen molar-refractivity contribution in [1.29, 1.82) is 0 Å². The van der Waals surface area contributed by atoms with E-state index in [9.17, 15) is 24.0 Å². The highest BCUT2D eigenvalue weighted by molar-refractivity contribution is 6.00. The van der Waals surface area contributed by atoms with Crippen LogP contribution in [-0.4, -0.2) is 89.7 Å². The van der Waals surface area contributed by atoms with E-state index in [0.717, 1.165) is 22.9 Å². The monoisotopic (exact) mass is 664 g/mol. The fourth-order valence-corrected chi connectivity index (χ4v) is 6.17. The fraction of sp³-hybridized carbons (Fsp3) is 0.333. The normalized spacial score (nSPS) is 18.5. The van der Waals surface area contributed by atoms with Crippen LogP contribution in [0.3, 0.4) is 0 Å². The molecule has 254 valence electrons. The number of aromatic amines is 1. The van der Waals surface area contributed by atoms with Crippen molar-refractivity contribution in [2.24, 2.45) is 0 Å². The van der Waals surface area contributed by atoms with Gasteiger partial charge in [-0.2, -0.15) is 0 Å². The Morgan fingerprint density at radius 3 is 2.53 bits per heavy atom. The molecule has 6 rings (SSSR count). The van der Waals surface area contributed by atoms with Crippen molar-refractivity contribution >= 4 is 51.9 Å². The lowest BCUT2D eigenvalue weighted by Crippen LogP contribution is -2.48. The molecule has 2 aliphatic heterocycles. The van der Waals surface area contributed by atoms with Gasteiger partial charge in [-0.05, 0) is 61.2 Å². The Morgan fingerprint density at radius 2 is 1.67 bits per heavy atom. The Morgan fingerprint density at radius 1 is 0.837 bits per heavy atom. The first-order chi connectivity index (χ1) is 23.9. The van der Waals surface area contributed by atoms with Crippen LogP contribution in [0.2, 0.25) is 0 Å². The number of pyridine rings is 1. The second-order valence-corrected chi connectivity index (χ2v) is 12.2. The minimum absolute atomic E-state index is 0.0250. The fourth-order valence-electron chi connectivity index (χ4n) is 6.17. The summed E-state index contributed by atoms with van der Waals surface area (Å²) in [5, 5.41) is 12.7. The summed E-state index contributed by atoms with van der Waals surface area (Å²) in [6.07, 6.45) is 4.40. The molecule has 13 heteroatoms. The standard InChI is InChI=1S/C36H40N8O5/c45-32-23-43(36(49)24-8-5-9-26(20-24)44-19-7-14-33(44)46)18-4-3-15-39-34(47)30(21-25-22-40-28-11-2-1-10-27(25)28)42-35(48)29-12-6-13-31(41-29)37-16-17-38-32/h1-2,5-6,8-13,20,22,30,40H,3-4,7,14-19,21,23H2,(H,37,41)(H,38,45)(H,39,47)(H,42,48)/t30-/m0/s1. The minimum Gasteiger partial charge on any atom is -0.368 e. The third-order valence-corrected chi connectivity index (χ3v) is 8.71. The molecule has 1 saturated heterocycles. The number of benzene rings is 2. The number of nitrogens with one attached hydrogen (secondary N) is 5. The summed E-state index contributed by atoms with van der Waals surface area (Å²) in [6.45, 7) is 1.62. The summed E-state index contributed by atoms with van der Waals surface area (Å²) in [6, 6.07) is 18.8. The first kappa shape index (κ1) is 33.2. The van der Waals surface area contributed by atoms with Crippen LogP contribution in [0, 0.1) is 0 Å². The number of hydrogen-bond donors (Lipinski definition) is 5. The average Bonchev–Trinajstić information content (AvgIpc) is 3.74. The van der Waals surface area contributed by atoms with Crippen LogP contribution in [0.4, 0.5) is 11.5 Å². The number of aromatic nitrogens is 2. The summed E-state index contributed by atoms with van der Waals surface area (Å²) in [7, 11) is 0. The summed E-state index contributed by atoms with van der Waals surface area (Å²) in [5.74, 6) is -1.01. The molecule has 2 bridgehead atoms. The van der Waals surface area contributed by atoms with Crippen LogP contribution in [-0.2, 0) is 20.8 Å². The predicted octanol–water partition coefficient (Wildman–Crippen LogP) is 2.61. The third kappa shape index (κ3) is 8.23. The van der Waals surface area contributed by atoms with Gasteiger partial charge in [0.05, 0.1) is 6.54 Å². The van der Waals surface area contributed by atoms with Crippen molar-refractivity contribution in [2.45, 2.75) is 38.1 Å². The van der Waals surface area contributed by atoms with Crippen LogP contribution in [0.1, 0.15) is 52.1 Å². The summed E-state index contributed by atoms with van der Waals surface area (Å²) in [4.78, 5) is 76.7. The largest absolute Gasteiger partial charge is 0.368 e. The Kier molecular flexibility index (Phi) is 10.5. The van der Waals surface area contributed by atoms with Crippen molar-refractivity contribution in [1.82, 2.24) is 30.8 Å². The Labute approximate surface area is 283 Å². The molecule has 2 aromatic heterocycles. The van der Waals surface area contributed by atoms with Gasteiger partial charge in [-0.1, -0.05) is 30.3 Å². The first-order valence-electron chi connectivity index (χ1n) is 16.7. The van der Waals surface area contributed by atoms with E-state index in [0.29, 0.717) is 56.0 Å². The van der Waals surface area contributed by atoms with Crippen molar-refractivity contribution < 1.29 is 24.0 Å². The summed E-state index contributed by atoms with van der Waals surface area (Å²) < 4.78 is 0. The number of fused-ring (bicyclic) bond motifs is 3. The van der Waals surface area contributed by atoms with Crippen molar-refractivity contribution in [3.05, 3.63) is 89.7 Å². The van der Waals surface area contributed by atoms with Crippen molar-refractivity contribution in [2.75, 3.05) is 49.5 Å². The smallest absolute Gasteiger partial charge is 0.270 e. The minimum atomic E-state index is -0.873. The van der Waals surface area contributed by atoms with E-state index in [1.165, 1.54) is 4.90 Å². The lowest BCUT2D eigenvalue weighted by molar-refractivity contribution is -0.123. The van der Waals surface area contributed by atoms with E-state index in [-0.39, 0.29) is 55.4 Å². The van der Waals surface area contributed by atoms with Gasteiger partial charge in [-0.3, -0.25) is 24.0 Å². The van der Waals surface area contributed by atoms with E-state index in [2.05, 4.69) is 31.2 Å². The topological polar surface area (TPSA) is 169 Å². The molecule has 13 nitrogen and oxygen atoms in total. The van der Waals surface area contributed by atoms with Gasteiger partial charge in [0.25, 0.3) is 11.8 Å². The maximum atomic E-state index is 13.7. The molecule has 49 heavy (non-hydrogen) atoms. The van der Waals surface area contributed by atoms with E-state index in [4.69, 9.17) is 0 Å². The molecule has 2 aliphatic rings. The number of hydrogen-bond acceptors (Lipinski definition) is 7. The highest BCUT2D eigenvalue weighted by atomic mass is 16.2. The number of carbonyl (C=O) groups is 5. The Bertz CT molecular complexity index is 1860. The molecular weight excluding hydrogens is 624 g/mol. The lowest BCUT2D eigenvalue weighted by Gasteiger charge is -2.24. The van der Waals surface area contributed by atoms with E-state index >= 15 is 0 Å². The molecule has 0 aliphatic carbocycles. The second-order valence-electron chi connectivity index (χ2n) is 12.2. The second kappa shape index (κ2) is 15.5. The molecule has 4 heterocycles. The number of anilines is 2. The number of nitrogens with zero attached hydrogens (tertiary/aromatic N) is 3. The molecule has 1 atom stereocenters. The van der Waals surface area contributed by atoms with Crippen molar-refractivity contribution in [3.8, 4) is 0 Å². The van der Waals surface area contributed by atoms with E-state index in [1.807, 2.05) is 36.5 Å². The zero-order valence-corrected chi connectivity index (χ0v) is 27.2. The molecule has 2 aromatic carbocycles. The molecule has 5 amide bonds. The third-order valence-electron chi connectivity index (χ3n) is 8.71. The molecular formula is C36H40N8O5. The van der Waals surface area contributed by atoms with E-state index in [1.54, 1.807) is 41.3 Å².